The van der Waals surface area contributed by atoms with Gasteiger partial charge in [-0.2, -0.15) is 22.0 Å². The minimum atomic E-state index is -5.94. The van der Waals surface area contributed by atoms with E-state index >= 15 is 0 Å². The fourth-order valence-corrected chi connectivity index (χ4v) is 2.27. The number of benzene rings is 1. The molecule has 0 bridgehead atoms. The normalized spacial score (nSPS) is 16.5. The number of nitrogens with zero attached hydrogens (tertiary/aromatic N) is 1. The molecule has 0 saturated heterocycles. The zero-order valence-corrected chi connectivity index (χ0v) is 11.8. The molecular weight excluding hydrogens is 341 g/mol. The van der Waals surface area contributed by atoms with Gasteiger partial charge in [-0.1, -0.05) is 6.07 Å². The van der Waals surface area contributed by atoms with Gasteiger partial charge in [-0.05, 0) is 24.8 Å². The van der Waals surface area contributed by atoms with Crippen molar-refractivity contribution in [3.05, 3.63) is 39.4 Å². The molecule has 1 aliphatic carbocycles. The number of ketones is 1. The molecule has 1 aromatic rings. The van der Waals surface area contributed by atoms with E-state index in [9.17, 15) is 41.7 Å². The summed E-state index contributed by atoms with van der Waals surface area (Å²) in [4.78, 5) is 32.9. The fourth-order valence-electron chi connectivity index (χ4n) is 2.27. The zero-order chi connectivity index (χ0) is 18.3. The minimum Gasteiger partial charge on any atom is -0.303 e. The van der Waals surface area contributed by atoms with Crippen LogP contribution in [0.25, 0.3) is 0 Å². The topological polar surface area (TPSA) is 77.3 Å². The van der Waals surface area contributed by atoms with Crippen molar-refractivity contribution < 1.29 is 36.5 Å². The Morgan fingerprint density at radius 1 is 1.25 bits per heavy atom. The molecule has 0 amide bonds. The van der Waals surface area contributed by atoms with Gasteiger partial charge in [-0.15, -0.1) is 0 Å². The lowest BCUT2D eigenvalue weighted by molar-refractivity contribution is -0.385. The van der Waals surface area contributed by atoms with E-state index in [1.54, 1.807) is 0 Å². The Bertz CT molecular complexity index is 697. The molecule has 1 aliphatic rings. The van der Waals surface area contributed by atoms with Crippen molar-refractivity contribution >= 4 is 17.8 Å². The summed E-state index contributed by atoms with van der Waals surface area (Å²) in [5.74, 6) is -7.72. The highest BCUT2D eigenvalue weighted by atomic mass is 19.4. The van der Waals surface area contributed by atoms with Crippen LogP contribution in [0.3, 0.4) is 0 Å². The summed E-state index contributed by atoms with van der Waals surface area (Å²) in [6.07, 6.45) is -4.51. The van der Waals surface area contributed by atoms with E-state index in [1.165, 1.54) is 0 Å². The molecule has 0 spiro atoms. The van der Waals surface area contributed by atoms with Gasteiger partial charge in [0.1, 0.15) is 6.29 Å². The number of Topliss-reactive ketones (excluding diaryl/α,β-unsaturated/α-hetero) is 1. The second kappa shape index (κ2) is 5.91. The molecule has 5 nitrogen and oxygen atoms in total. The van der Waals surface area contributed by atoms with Crippen molar-refractivity contribution in [2.75, 3.05) is 0 Å². The molecule has 0 heterocycles. The van der Waals surface area contributed by atoms with E-state index in [-0.39, 0.29) is 12.0 Å². The van der Waals surface area contributed by atoms with Crippen molar-refractivity contribution in [3.63, 3.8) is 0 Å². The standard InChI is InChI=1S/C14H10F5NO4/c15-13(16,14(17,18)19)8-3-4-9(11(5-8)20(23)24)12(22)10(6-21)7-1-2-7/h3-7,10H,1-2H2. The van der Waals surface area contributed by atoms with Crippen LogP contribution in [0.5, 0.6) is 0 Å². The number of aldehydes is 1. The van der Waals surface area contributed by atoms with Gasteiger partial charge in [0.05, 0.1) is 16.4 Å². The van der Waals surface area contributed by atoms with Crippen molar-refractivity contribution in [3.8, 4) is 0 Å². The zero-order valence-electron chi connectivity index (χ0n) is 11.8. The number of nitro groups is 1. The quantitative estimate of drug-likeness (QED) is 0.196. The molecule has 0 aromatic heterocycles. The molecule has 1 aromatic carbocycles. The average molecular weight is 351 g/mol. The Labute approximate surface area is 131 Å². The second-order valence-corrected chi connectivity index (χ2v) is 5.42. The largest absolute Gasteiger partial charge is 0.458 e. The molecule has 24 heavy (non-hydrogen) atoms. The summed E-state index contributed by atoms with van der Waals surface area (Å²) in [6, 6.07) is 0.867. The van der Waals surface area contributed by atoms with Crippen molar-refractivity contribution in [2.45, 2.75) is 24.9 Å². The Kier molecular flexibility index (Phi) is 4.42. The lowest BCUT2D eigenvalue weighted by Crippen LogP contribution is -2.33. The van der Waals surface area contributed by atoms with Crippen molar-refractivity contribution in [1.29, 1.82) is 0 Å². The Balaban J connectivity index is 2.50. The SMILES string of the molecule is O=CC(C(=O)c1ccc(C(F)(F)C(F)(F)F)cc1[N+](=O)[O-])C1CC1. The first-order chi connectivity index (χ1) is 11.0. The van der Waals surface area contributed by atoms with E-state index in [4.69, 9.17) is 0 Å². The first-order valence-electron chi connectivity index (χ1n) is 6.73. The number of nitro benzene ring substituents is 1. The Morgan fingerprint density at radius 3 is 2.25 bits per heavy atom. The molecule has 0 radical (unpaired) electrons. The van der Waals surface area contributed by atoms with Gasteiger partial charge in [0.15, 0.2) is 5.78 Å². The molecule has 130 valence electrons. The number of rotatable bonds is 6. The van der Waals surface area contributed by atoms with Crippen LogP contribution in [0, 0.1) is 22.0 Å². The maximum atomic E-state index is 13.3. The van der Waals surface area contributed by atoms with Crippen molar-refractivity contribution in [2.24, 2.45) is 11.8 Å². The number of halogens is 5. The molecular formula is C14H10F5NO4. The Hall–Kier alpha value is -2.39. The highest BCUT2D eigenvalue weighted by Crippen LogP contribution is 2.45. The molecule has 1 unspecified atom stereocenters. The van der Waals surface area contributed by atoms with Gasteiger partial charge in [-0.3, -0.25) is 14.9 Å². The van der Waals surface area contributed by atoms with E-state index in [1.807, 2.05) is 0 Å². The van der Waals surface area contributed by atoms with Crippen LogP contribution in [0.15, 0.2) is 18.2 Å². The van der Waals surface area contributed by atoms with Crippen LogP contribution in [0.4, 0.5) is 27.6 Å². The highest BCUT2D eigenvalue weighted by molar-refractivity contribution is 6.08. The third kappa shape index (κ3) is 3.13. The average Bonchev–Trinajstić information content (AvgIpc) is 3.30. The molecule has 1 fully saturated rings. The first-order valence-corrected chi connectivity index (χ1v) is 6.73. The minimum absolute atomic E-state index is 0.0233. The third-order valence-corrected chi connectivity index (χ3v) is 3.76. The fraction of sp³-hybridized carbons (Fsp3) is 0.429. The van der Waals surface area contributed by atoms with Gasteiger partial charge < -0.3 is 4.79 Å². The molecule has 1 atom stereocenters. The van der Waals surface area contributed by atoms with E-state index in [0.717, 1.165) is 0 Å². The second-order valence-electron chi connectivity index (χ2n) is 5.42. The molecule has 10 heteroatoms. The first kappa shape index (κ1) is 18.0. The monoisotopic (exact) mass is 351 g/mol. The third-order valence-electron chi connectivity index (χ3n) is 3.76. The molecule has 0 aliphatic heterocycles. The Morgan fingerprint density at radius 2 is 1.83 bits per heavy atom. The summed E-state index contributed by atoms with van der Waals surface area (Å²) < 4.78 is 63.8. The maximum Gasteiger partial charge on any atom is 0.458 e. The van der Waals surface area contributed by atoms with Crippen LogP contribution in [-0.4, -0.2) is 23.2 Å². The number of carbonyl (C=O) groups excluding carboxylic acids is 2. The van der Waals surface area contributed by atoms with Gasteiger partial charge in [0.25, 0.3) is 5.69 Å². The lowest BCUT2D eigenvalue weighted by atomic mass is 9.92. The highest BCUT2D eigenvalue weighted by Gasteiger charge is 2.59. The number of hydrogen-bond acceptors (Lipinski definition) is 4. The smallest absolute Gasteiger partial charge is 0.303 e. The van der Waals surface area contributed by atoms with Gasteiger partial charge in [0, 0.05) is 11.6 Å². The van der Waals surface area contributed by atoms with Gasteiger partial charge >= 0.3 is 12.1 Å². The maximum absolute atomic E-state index is 13.3. The summed E-state index contributed by atoms with van der Waals surface area (Å²) in [7, 11) is 0. The van der Waals surface area contributed by atoms with Crippen LogP contribution >= 0.6 is 0 Å². The molecule has 0 N–H and O–H groups in total. The van der Waals surface area contributed by atoms with E-state index in [0.29, 0.717) is 31.3 Å². The number of alkyl halides is 5. The van der Waals surface area contributed by atoms with Crippen LogP contribution in [-0.2, 0) is 10.7 Å². The predicted octanol–water partition coefficient (Wildman–Crippen LogP) is 3.66. The van der Waals surface area contributed by atoms with Gasteiger partial charge in [-0.25, -0.2) is 0 Å². The predicted molar refractivity (Wildman–Crippen MR) is 69.7 cm³/mol. The van der Waals surface area contributed by atoms with Crippen LogP contribution < -0.4 is 0 Å². The molecule has 2 rings (SSSR count). The van der Waals surface area contributed by atoms with Gasteiger partial charge in [0.2, 0.25) is 0 Å². The van der Waals surface area contributed by atoms with Crippen LogP contribution in [0.1, 0.15) is 28.8 Å². The molecule has 1 saturated carbocycles. The summed E-state index contributed by atoms with van der Waals surface area (Å²) >= 11 is 0. The summed E-state index contributed by atoms with van der Waals surface area (Å²) in [6.45, 7) is 0. The lowest BCUT2D eigenvalue weighted by Gasteiger charge is -2.20. The van der Waals surface area contributed by atoms with E-state index in [2.05, 4.69) is 0 Å². The van der Waals surface area contributed by atoms with Crippen molar-refractivity contribution in [1.82, 2.24) is 0 Å². The van der Waals surface area contributed by atoms with Crippen LogP contribution in [0.2, 0.25) is 0 Å². The summed E-state index contributed by atoms with van der Waals surface area (Å²) in [5, 5.41) is 11.0. The number of hydrogen-bond donors (Lipinski definition) is 0. The summed E-state index contributed by atoms with van der Waals surface area (Å²) in [5.41, 5.74) is -3.49. The number of carbonyl (C=O) groups is 2. The van der Waals surface area contributed by atoms with E-state index < -0.39 is 45.5 Å².